The lowest BCUT2D eigenvalue weighted by Crippen LogP contribution is -2.08. The molecule has 2 aromatic heterocycles. The summed E-state index contributed by atoms with van der Waals surface area (Å²) in [5.74, 6) is 0.114. The molecule has 0 aliphatic carbocycles. The van der Waals surface area contributed by atoms with E-state index in [0.717, 1.165) is 44.7 Å². The SMILES string of the molecule is O=C(Oc1ccc(-n2c3ccccc3c3ccccc32)cc1)c1ccc(-c2ccc(-c3ccc(-n4c5ccccc5c5ccccc54)cc3)cc2)cc1. The van der Waals surface area contributed by atoms with Gasteiger partial charge in [0.2, 0.25) is 0 Å². The summed E-state index contributed by atoms with van der Waals surface area (Å²) in [5.41, 5.74) is 11.7. The lowest BCUT2D eigenvalue weighted by Gasteiger charge is -2.10. The zero-order chi connectivity index (χ0) is 35.3. The van der Waals surface area contributed by atoms with Crippen molar-refractivity contribution >= 4 is 49.6 Å². The van der Waals surface area contributed by atoms with Gasteiger partial charge in [-0.05, 0) is 95.1 Å². The number of fused-ring (bicyclic) bond motifs is 6. The Morgan fingerprint density at radius 2 is 0.642 bits per heavy atom. The summed E-state index contributed by atoms with van der Waals surface area (Å²) in [6, 6.07) is 66.6. The van der Waals surface area contributed by atoms with E-state index in [9.17, 15) is 4.79 Å². The number of aromatic nitrogens is 2. The minimum Gasteiger partial charge on any atom is -0.423 e. The molecule has 0 spiro atoms. The van der Waals surface area contributed by atoms with Crippen molar-refractivity contribution in [3.05, 3.63) is 200 Å². The predicted molar refractivity (Wildman–Crippen MR) is 217 cm³/mol. The smallest absolute Gasteiger partial charge is 0.343 e. The highest BCUT2D eigenvalue weighted by Crippen LogP contribution is 2.34. The van der Waals surface area contributed by atoms with Crippen LogP contribution >= 0.6 is 0 Å². The minimum absolute atomic E-state index is 0.388. The third-order valence-corrected chi connectivity index (χ3v) is 10.3. The summed E-state index contributed by atoms with van der Waals surface area (Å²) in [6.45, 7) is 0. The first-order valence-corrected chi connectivity index (χ1v) is 17.8. The van der Waals surface area contributed by atoms with Crippen LogP contribution < -0.4 is 4.74 Å². The average molecular weight is 681 g/mol. The van der Waals surface area contributed by atoms with Crippen LogP contribution in [0.1, 0.15) is 10.4 Å². The van der Waals surface area contributed by atoms with Gasteiger partial charge in [0.05, 0.1) is 27.6 Å². The van der Waals surface area contributed by atoms with Crippen LogP contribution in [0.5, 0.6) is 5.75 Å². The molecule has 250 valence electrons. The number of para-hydroxylation sites is 4. The van der Waals surface area contributed by atoms with Crippen LogP contribution in [-0.4, -0.2) is 15.1 Å². The molecule has 0 unspecified atom stereocenters. The van der Waals surface area contributed by atoms with E-state index < -0.39 is 0 Å². The van der Waals surface area contributed by atoms with E-state index in [-0.39, 0.29) is 5.97 Å². The summed E-state index contributed by atoms with van der Waals surface area (Å²) in [6.07, 6.45) is 0. The Bertz CT molecular complexity index is 2840. The fourth-order valence-electron chi connectivity index (χ4n) is 7.69. The summed E-state index contributed by atoms with van der Waals surface area (Å²) in [4.78, 5) is 13.1. The van der Waals surface area contributed by atoms with Crippen LogP contribution in [0, 0.1) is 0 Å². The number of rotatable bonds is 6. The molecule has 0 aliphatic rings. The van der Waals surface area contributed by atoms with Crippen molar-refractivity contribution in [3.63, 3.8) is 0 Å². The first-order chi connectivity index (χ1) is 26.2. The lowest BCUT2D eigenvalue weighted by molar-refractivity contribution is 0.0734. The van der Waals surface area contributed by atoms with E-state index >= 15 is 0 Å². The van der Waals surface area contributed by atoms with E-state index in [2.05, 4.69) is 155 Å². The van der Waals surface area contributed by atoms with Gasteiger partial charge in [0.25, 0.3) is 0 Å². The zero-order valence-electron chi connectivity index (χ0n) is 28.7. The van der Waals surface area contributed by atoms with Crippen LogP contribution in [-0.2, 0) is 0 Å². The maximum Gasteiger partial charge on any atom is 0.343 e. The van der Waals surface area contributed by atoms with Crippen molar-refractivity contribution in [2.24, 2.45) is 0 Å². The molecule has 0 bridgehead atoms. The standard InChI is InChI=1S/C49H32N2O2/c52-49(53-40-31-29-39(30-32-40)51-47-15-7-3-11-43(47)44-12-4-8-16-48(44)51)37-23-21-35(22-24-37)33-17-19-34(20-18-33)36-25-27-38(28-26-36)50-45-13-5-1-9-41(45)42-10-2-6-14-46(42)50/h1-32H. The highest BCUT2D eigenvalue weighted by Gasteiger charge is 2.14. The van der Waals surface area contributed by atoms with Crippen LogP contribution in [0.15, 0.2) is 194 Å². The van der Waals surface area contributed by atoms with Crippen LogP contribution in [0.4, 0.5) is 0 Å². The largest absolute Gasteiger partial charge is 0.423 e. The molecule has 4 heteroatoms. The molecule has 0 atom stereocenters. The van der Waals surface area contributed by atoms with Gasteiger partial charge in [-0.2, -0.15) is 0 Å². The lowest BCUT2D eigenvalue weighted by atomic mass is 9.99. The van der Waals surface area contributed by atoms with E-state index in [0.29, 0.717) is 11.3 Å². The van der Waals surface area contributed by atoms with Gasteiger partial charge in [-0.15, -0.1) is 0 Å². The fourth-order valence-corrected chi connectivity index (χ4v) is 7.69. The van der Waals surface area contributed by atoms with Crippen LogP contribution in [0.2, 0.25) is 0 Å². The van der Waals surface area contributed by atoms with Gasteiger partial charge in [-0.25, -0.2) is 4.79 Å². The van der Waals surface area contributed by atoms with E-state index in [1.807, 2.05) is 48.5 Å². The van der Waals surface area contributed by atoms with Crippen molar-refractivity contribution in [2.45, 2.75) is 0 Å². The number of nitrogens with zero attached hydrogens (tertiary/aromatic N) is 2. The highest BCUT2D eigenvalue weighted by atomic mass is 16.5. The molecule has 0 saturated carbocycles. The van der Waals surface area contributed by atoms with Gasteiger partial charge in [0.15, 0.2) is 0 Å². The van der Waals surface area contributed by atoms with Crippen LogP contribution in [0.3, 0.4) is 0 Å². The minimum atomic E-state index is -0.388. The molecule has 0 fully saturated rings. The second kappa shape index (κ2) is 12.6. The molecule has 0 amide bonds. The van der Waals surface area contributed by atoms with Gasteiger partial charge in [-0.3, -0.25) is 0 Å². The predicted octanol–water partition coefficient (Wildman–Crippen LogP) is 12.4. The molecule has 4 nitrogen and oxygen atoms in total. The molecule has 53 heavy (non-hydrogen) atoms. The Kier molecular flexibility index (Phi) is 7.26. The average Bonchev–Trinajstić information content (AvgIpc) is 3.75. The third-order valence-electron chi connectivity index (χ3n) is 10.3. The number of ether oxygens (including phenoxy) is 1. The number of benzene rings is 8. The van der Waals surface area contributed by atoms with Gasteiger partial charge in [-0.1, -0.05) is 121 Å². The molecule has 0 aliphatic heterocycles. The van der Waals surface area contributed by atoms with Crippen molar-refractivity contribution in [1.82, 2.24) is 9.13 Å². The normalized spacial score (nSPS) is 11.5. The summed E-state index contributed by atoms with van der Waals surface area (Å²) in [5, 5.41) is 4.93. The number of esters is 1. The Balaban J connectivity index is 0.838. The molecular weight excluding hydrogens is 649 g/mol. The summed E-state index contributed by atoms with van der Waals surface area (Å²) < 4.78 is 10.4. The van der Waals surface area contributed by atoms with Gasteiger partial charge >= 0.3 is 5.97 Å². The Hall–Kier alpha value is -7.17. The number of hydrogen-bond donors (Lipinski definition) is 0. The van der Waals surface area contributed by atoms with Crippen molar-refractivity contribution in [2.75, 3.05) is 0 Å². The quantitative estimate of drug-likeness (QED) is 0.129. The van der Waals surface area contributed by atoms with Crippen molar-refractivity contribution in [1.29, 1.82) is 0 Å². The zero-order valence-corrected chi connectivity index (χ0v) is 28.7. The number of carbonyl (C=O) groups excluding carboxylic acids is 1. The topological polar surface area (TPSA) is 36.2 Å². The molecule has 10 aromatic rings. The number of hydrogen-bond acceptors (Lipinski definition) is 2. The summed E-state index contributed by atoms with van der Waals surface area (Å²) >= 11 is 0. The Labute approximate surface area is 306 Å². The Morgan fingerprint density at radius 1 is 0.340 bits per heavy atom. The van der Waals surface area contributed by atoms with Gasteiger partial charge in [0, 0.05) is 32.9 Å². The molecule has 0 N–H and O–H groups in total. The molecule has 0 radical (unpaired) electrons. The van der Waals surface area contributed by atoms with E-state index in [1.165, 1.54) is 32.6 Å². The first-order valence-electron chi connectivity index (χ1n) is 17.8. The highest BCUT2D eigenvalue weighted by molar-refractivity contribution is 6.10. The molecule has 2 heterocycles. The fraction of sp³-hybridized carbons (Fsp3) is 0. The van der Waals surface area contributed by atoms with Crippen LogP contribution in [0.25, 0.3) is 77.2 Å². The second-order valence-electron chi connectivity index (χ2n) is 13.3. The number of carbonyl (C=O) groups is 1. The molecular formula is C49H32N2O2. The third kappa shape index (κ3) is 5.28. The van der Waals surface area contributed by atoms with Crippen molar-refractivity contribution in [3.8, 4) is 39.4 Å². The second-order valence-corrected chi connectivity index (χ2v) is 13.3. The van der Waals surface area contributed by atoms with E-state index in [4.69, 9.17) is 4.74 Å². The van der Waals surface area contributed by atoms with Gasteiger partial charge < -0.3 is 13.9 Å². The molecule has 8 aromatic carbocycles. The molecule has 10 rings (SSSR count). The van der Waals surface area contributed by atoms with Gasteiger partial charge in [0.1, 0.15) is 5.75 Å². The van der Waals surface area contributed by atoms with Crippen molar-refractivity contribution < 1.29 is 9.53 Å². The van der Waals surface area contributed by atoms with E-state index in [1.54, 1.807) is 0 Å². The summed E-state index contributed by atoms with van der Waals surface area (Å²) in [7, 11) is 0. The monoisotopic (exact) mass is 680 g/mol. The first kappa shape index (κ1) is 30.6. The molecule has 0 saturated heterocycles. The maximum atomic E-state index is 13.1. The Morgan fingerprint density at radius 3 is 1.02 bits per heavy atom. The maximum absolute atomic E-state index is 13.1.